The van der Waals surface area contributed by atoms with Crippen molar-refractivity contribution in [3.8, 4) is 0 Å². The number of hydrogen-bond donors (Lipinski definition) is 1. The van der Waals surface area contributed by atoms with Crippen LogP contribution in [0.5, 0.6) is 0 Å². The van der Waals surface area contributed by atoms with E-state index in [0.29, 0.717) is 6.54 Å². The van der Waals surface area contributed by atoms with Crippen LogP contribution in [0.3, 0.4) is 0 Å². The van der Waals surface area contributed by atoms with Crippen LogP contribution in [0.25, 0.3) is 0 Å². The van der Waals surface area contributed by atoms with E-state index in [2.05, 4.69) is 4.90 Å². The predicted octanol–water partition coefficient (Wildman–Crippen LogP) is 2.11. The van der Waals surface area contributed by atoms with Crippen LogP contribution in [-0.2, 0) is 6.54 Å². The second-order valence-corrected chi connectivity index (χ2v) is 4.66. The van der Waals surface area contributed by atoms with Gasteiger partial charge in [-0.1, -0.05) is 24.3 Å². The summed E-state index contributed by atoms with van der Waals surface area (Å²) < 4.78 is 14.2. The summed E-state index contributed by atoms with van der Waals surface area (Å²) >= 11 is 0. The molecule has 1 heterocycles. The van der Waals surface area contributed by atoms with Crippen molar-refractivity contribution in [2.24, 2.45) is 11.7 Å². The molecule has 1 aromatic carbocycles. The maximum Gasteiger partial charge on any atom is 0.129 e. The molecule has 2 nitrogen and oxygen atoms in total. The van der Waals surface area contributed by atoms with Gasteiger partial charge in [0, 0.05) is 19.0 Å². The molecule has 2 rings (SSSR count). The molecule has 0 amide bonds. The van der Waals surface area contributed by atoms with Crippen molar-refractivity contribution in [2.75, 3.05) is 20.1 Å². The molecule has 0 radical (unpaired) electrons. The van der Waals surface area contributed by atoms with E-state index in [1.165, 1.54) is 0 Å². The van der Waals surface area contributed by atoms with Crippen molar-refractivity contribution in [3.05, 3.63) is 35.4 Å². The highest BCUT2D eigenvalue weighted by Gasteiger charge is 2.28. The standard InChI is InChI=1S/C13H19FN2/c1-16-7-6-12(9-16)13(14)11-4-2-10(8-15)3-5-11/h2-5,12-13H,6-9,15H2,1H3. The van der Waals surface area contributed by atoms with Gasteiger partial charge in [0.25, 0.3) is 0 Å². The third-order valence-electron chi connectivity index (χ3n) is 3.38. The summed E-state index contributed by atoms with van der Waals surface area (Å²) in [5.74, 6) is 0.147. The topological polar surface area (TPSA) is 29.3 Å². The van der Waals surface area contributed by atoms with Crippen molar-refractivity contribution in [2.45, 2.75) is 19.1 Å². The van der Waals surface area contributed by atoms with Crippen LogP contribution in [0.1, 0.15) is 23.7 Å². The molecule has 1 fully saturated rings. The first-order valence-electron chi connectivity index (χ1n) is 5.82. The molecule has 1 aliphatic heterocycles. The Morgan fingerprint density at radius 1 is 1.44 bits per heavy atom. The molecule has 0 aromatic heterocycles. The van der Waals surface area contributed by atoms with Crippen molar-refractivity contribution < 1.29 is 4.39 Å². The van der Waals surface area contributed by atoms with Crippen LogP contribution in [0.15, 0.2) is 24.3 Å². The quantitative estimate of drug-likeness (QED) is 0.848. The first-order valence-corrected chi connectivity index (χ1v) is 5.82. The zero-order chi connectivity index (χ0) is 11.5. The van der Waals surface area contributed by atoms with Gasteiger partial charge in [-0.3, -0.25) is 0 Å². The van der Waals surface area contributed by atoms with E-state index in [1.807, 2.05) is 31.3 Å². The number of alkyl halides is 1. The SMILES string of the molecule is CN1CCC(C(F)c2ccc(CN)cc2)C1. The molecule has 2 unspecified atom stereocenters. The Hall–Kier alpha value is -0.930. The molecule has 2 N–H and O–H groups in total. The zero-order valence-corrected chi connectivity index (χ0v) is 9.70. The zero-order valence-electron chi connectivity index (χ0n) is 9.70. The average molecular weight is 222 g/mol. The van der Waals surface area contributed by atoms with Crippen LogP contribution < -0.4 is 5.73 Å². The minimum atomic E-state index is -0.836. The van der Waals surface area contributed by atoms with Gasteiger partial charge in [-0.15, -0.1) is 0 Å². The number of likely N-dealkylation sites (tertiary alicyclic amines) is 1. The summed E-state index contributed by atoms with van der Waals surface area (Å²) in [4.78, 5) is 2.19. The molecule has 0 bridgehead atoms. The van der Waals surface area contributed by atoms with Crippen molar-refractivity contribution in [1.29, 1.82) is 0 Å². The highest BCUT2D eigenvalue weighted by Crippen LogP contribution is 2.32. The maximum absolute atomic E-state index is 14.2. The first kappa shape index (κ1) is 11.6. The van der Waals surface area contributed by atoms with E-state index in [4.69, 9.17) is 5.73 Å². The molecule has 1 saturated heterocycles. The fraction of sp³-hybridized carbons (Fsp3) is 0.538. The lowest BCUT2D eigenvalue weighted by Crippen LogP contribution is -2.16. The normalized spacial score (nSPS) is 23.6. The van der Waals surface area contributed by atoms with Gasteiger partial charge >= 0.3 is 0 Å². The first-order chi connectivity index (χ1) is 7.70. The van der Waals surface area contributed by atoms with E-state index in [1.54, 1.807) is 0 Å². The molecule has 0 spiro atoms. The molecule has 1 aliphatic rings. The average Bonchev–Trinajstić information content (AvgIpc) is 2.75. The highest BCUT2D eigenvalue weighted by molar-refractivity contribution is 5.24. The maximum atomic E-state index is 14.2. The Labute approximate surface area is 96.2 Å². The van der Waals surface area contributed by atoms with Crippen molar-refractivity contribution in [3.63, 3.8) is 0 Å². The number of benzene rings is 1. The minimum absolute atomic E-state index is 0.147. The van der Waals surface area contributed by atoms with Crippen LogP contribution in [0.2, 0.25) is 0 Å². The summed E-state index contributed by atoms with van der Waals surface area (Å²) in [6.07, 6.45) is 0.118. The van der Waals surface area contributed by atoms with Gasteiger partial charge in [-0.05, 0) is 31.1 Å². The number of nitrogens with two attached hydrogens (primary N) is 1. The van der Waals surface area contributed by atoms with Gasteiger partial charge in [0.1, 0.15) is 6.17 Å². The molecule has 88 valence electrons. The third kappa shape index (κ3) is 2.42. The van der Waals surface area contributed by atoms with Crippen molar-refractivity contribution >= 4 is 0 Å². The molecule has 0 saturated carbocycles. The Morgan fingerprint density at radius 3 is 2.62 bits per heavy atom. The highest BCUT2D eigenvalue weighted by atomic mass is 19.1. The lowest BCUT2D eigenvalue weighted by atomic mass is 9.96. The Morgan fingerprint density at radius 2 is 2.12 bits per heavy atom. The van der Waals surface area contributed by atoms with E-state index in [0.717, 1.165) is 30.6 Å². The predicted molar refractivity (Wildman–Crippen MR) is 63.8 cm³/mol. The molecular formula is C13H19FN2. The van der Waals surface area contributed by atoms with Crippen LogP contribution in [0, 0.1) is 5.92 Å². The number of nitrogens with zero attached hydrogens (tertiary/aromatic N) is 1. The van der Waals surface area contributed by atoms with Gasteiger partial charge in [-0.2, -0.15) is 0 Å². The molecule has 0 aliphatic carbocycles. The third-order valence-corrected chi connectivity index (χ3v) is 3.38. The molecule has 2 atom stereocenters. The van der Waals surface area contributed by atoms with Gasteiger partial charge < -0.3 is 10.6 Å². The summed E-state index contributed by atoms with van der Waals surface area (Å²) in [6, 6.07) is 7.57. The lowest BCUT2D eigenvalue weighted by molar-refractivity contribution is 0.232. The second-order valence-electron chi connectivity index (χ2n) is 4.66. The minimum Gasteiger partial charge on any atom is -0.326 e. The summed E-state index contributed by atoms with van der Waals surface area (Å²) in [5.41, 5.74) is 7.36. The fourth-order valence-electron chi connectivity index (χ4n) is 2.32. The number of halogens is 1. The number of hydrogen-bond acceptors (Lipinski definition) is 2. The second kappa shape index (κ2) is 4.93. The van der Waals surface area contributed by atoms with Gasteiger partial charge in [-0.25, -0.2) is 4.39 Å². The van der Waals surface area contributed by atoms with E-state index >= 15 is 0 Å². The Bertz CT molecular complexity index is 336. The summed E-state index contributed by atoms with van der Waals surface area (Å²) in [7, 11) is 2.05. The van der Waals surface area contributed by atoms with Gasteiger partial charge in [0.15, 0.2) is 0 Å². The largest absolute Gasteiger partial charge is 0.326 e. The molecular weight excluding hydrogens is 203 g/mol. The molecule has 3 heteroatoms. The molecule has 16 heavy (non-hydrogen) atoms. The summed E-state index contributed by atoms with van der Waals surface area (Å²) in [6.45, 7) is 2.38. The van der Waals surface area contributed by atoms with Crippen LogP contribution in [-0.4, -0.2) is 25.0 Å². The monoisotopic (exact) mass is 222 g/mol. The number of rotatable bonds is 3. The van der Waals surface area contributed by atoms with Crippen molar-refractivity contribution in [1.82, 2.24) is 4.90 Å². The molecule has 1 aromatic rings. The lowest BCUT2D eigenvalue weighted by Gasteiger charge is -2.16. The summed E-state index contributed by atoms with van der Waals surface area (Å²) in [5, 5.41) is 0. The fourth-order valence-corrected chi connectivity index (χ4v) is 2.32. The van der Waals surface area contributed by atoms with E-state index in [-0.39, 0.29) is 5.92 Å². The Kier molecular flexibility index (Phi) is 3.56. The van der Waals surface area contributed by atoms with Gasteiger partial charge in [0.05, 0.1) is 0 Å². The van der Waals surface area contributed by atoms with Crippen LogP contribution >= 0.6 is 0 Å². The Balaban J connectivity index is 2.05. The smallest absolute Gasteiger partial charge is 0.129 e. The van der Waals surface area contributed by atoms with E-state index < -0.39 is 6.17 Å². The van der Waals surface area contributed by atoms with Crippen LogP contribution in [0.4, 0.5) is 4.39 Å². The van der Waals surface area contributed by atoms with Gasteiger partial charge in [0.2, 0.25) is 0 Å². The van der Waals surface area contributed by atoms with E-state index in [9.17, 15) is 4.39 Å².